The Morgan fingerprint density at radius 1 is 1.15 bits per heavy atom. The van der Waals surface area contributed by atoms with Gasteiger partial charge in [-0.2, -0.15) is 5.21 Å². The number of fused-ring (bicyclic) bond motifs is 1. The lowest BCUT2D eigenvalue weighted by Gasteiger charge is -2.23. The molecule has 0 bridgehead atoms. The van der Waals surface area contributed by atoms with Crippen LogP contribution in [0.15, 0.2) is 42.5 Å². The van der Waals surface area contributed by atoms with Gasteiger partial charge in [-0.05, 0) is 44.0 Å². The zero-order valence-electron chi connectivity index (χ0n) is 14.6. The number of tetrazole rings is 1. The number of aromatic amines is 1. The summed E-state index contributed by atoms with van der Waals surface area (Å²) in [7, 11) is 0. The third-order valence-electron chi connectivity index (χ3n) is 4.49. The maximum atomic E-state index is 13.2. The van der Waals surface area contributed by atoms with Gasteiger partial charge in [-0.15, -0.1) is 10.2 Å². The van der Waals surface area contributed by atoms with E-state index in [0.717, 1.165) is 17.7 Å². The van der Waals surface area contributed by atoms with Gasteiger partial charge < -0.3 is 9.64 Å². The van der Waals surface area contributed by atoms with E-state index in [2.05, 4.69) is 26.7 Å². The Hall–Kier alpha value is -3.22. The second kappa shape index (κ2) is 6.59. The van der Waals surface area contributed by atoms with Gasteiger partial charge in [0.2, 0.25) is 11.9 Å². The van der Waals surface area contributed by atoms with Crippen LogP contribution in [0.3, 0.4) is 0 Å². The van der Waals surface area contributed by atoms with Crippen molar-refractivity contribution < 1.29 is 9.53 Å². The van der Waals surface area contributed by atoms with Crippen LogP contribution in [0, 0.1) is 13.8 Å². The number of carbonyl (C=O) groups is 1. The standard InChI is InChI=1S/C19H19N5O2/c1-12-3-6-15(7-4-12)26-17(18-20-22-23-21-18)19(25)24-10-9-14-11-13(2)5-8-16(14)24/h3-8,11,17H,9-10H2,1-2H3,(H,20,21,22,23). The zero-order valence-corrected chi connectivity index (χ0v) is 14.6. The molecule has 0 saturated carbocycles. The molecule has 1 aromatic heterocycles. The molecule has 7 nitrogen and oxygen atoms in total. The number of ether oxygens (including phenoxy) is 1. The van der Waals surface area contributed by atoms with E-state index in [9.17, 15) is 4.79 Å². The van der Waals surface area contributed by atoms with Crippen molar-refractivity contribution in [1.29, 1.82) is 0 Å². The van der Waals surface area contributed by atoms with E-state index in [1.54, 1.807) is 4.90 Å². The molecule has 1 aliphatic heterocycles. The highest BCUT2D eigenvalue weighted by Crippen LogP contribution is 2.32. The maximum absolute atomic E-state index is 13.2. The number of amides is 1. The number of rotatable bonds is 4. The average Bonchev–Trinajstić information content (AvgIpc) is 3.30. The summed E-state index contributed by atoms with van der Waals surface area (Å²) in [6.07, 6.45) is -0.129. The van der Waals surface area contributed by atoms with Crippen molar-refractivity contribution in [2.24, 2.45) is 0 Å². The van der Waals surface area contributed by atoms with Crippen molar-refractivity contribution in [3.8, 4) is 5.75 Å². The summed E-state index contributed by atoms with van der Waals surface area (Å²) in [5.74, 6) is 0.604. The SMILES string of the molecule is Cc1ccc(OC(C(=O)N2CCc3cc(C)ccc32)c2nn[nH]n2)cc1. The first-order chi connectivity index (χ1) is 12.6. The van der Waals surface area contributed by atoms with Gasteiger partial charge in [0.1, 0.15) is 5.75 Å². The maximum Gasteiger partial charge on any atom is 0.276 e. The summed E-state index contributed by atoms with van der Waals surface area (Å²) < 4.78 is 5.95. The lowest BCUT2D eigenvalue weighted by molar-refractivity contribution is -0.125. The predicted octanol–water partition coefficient (Wildman–Crippen LogP) is 2.53. The van der Waals surface area contributed by atoms with Gasteiger partial charge in [0.05, 0.1) is 0 Å². The molecular weight excluding hydrogens is 330 g/mol. The Morgan fingerprint density at radius 2 is 1.92 bits per heavy atom. The molecule has 2 aromatic carbocycles. The highest BCUT2D eigenvalue weighted by atomic mass is 16.5. The summed E-state index contributed by atoms with van der Waals surface area (Å²) in [5.41, 5.74) is 4.38. The minimum Gasteiger partial charge on any atom is -0.472 e. The Kier molecular flexibility index (Phi) is 4.12. The van der Waals surface area contributed by atoms with Gasteiger partial charge >= 0.3 is 0 Å². The van der Waals surface area contributed by atoms with Crippen molar-refractivity contribution in [1.82, 2.24) is 20.6 Å². The van der Waals surface area contributed by atoms with Crippen molar-refractivity contribution in [3.63, 3.8) is 0 Å². The molecule has 1 unspecified atom stereocenters. The molecule has 7 heteroatoms. The Bertz CT molecular complexity index is 922. The lowest BCUT2D eigenvalue weighted by atomic mass is 10.1. The van der Waals surface area contributed by atoms with Gasteiger partial charge in [-0.1, -0.05) is 40.6 Å². The molecule has 1 amide bonds. The van der Waals surface area contributed by atoms with Crippen LogP contribution in [-0.2, 0) is 11.2 Å². The molecule has 0 fully saturated rings. The highest BCUT2D eigenvalue weighted by Gasteiger charge is 2.35. The van der Waals surface area contributed by atoms with Gasteiger partial charge in [0, 0.05) is 12.2 Å². The first kappa shape index (κ1) is 16.3. The normalized spacial score (nSPS) is 14.2. The largest absolute Gasteiger partial charge is 0.472 e. The highest BCUT2D eigenvalue weighted by molar-refractivity contribution is 5.98. The summed E-state index contributed by atoms with van der Waals surface area (Å²) in [4.78, 5) is 15.0. The summed E-state index contributed by atoms with van der Waals surface area (Å²) in [5, 5.41) is 13.9. The fourth-order valence-corrected chi connectivity index (χ4v) is 3.15. The molecule has 3 aromatic rings. The van der Waals surface area contributed by atoms with Gasteiger partial charge in [0.25, 0.3) is 5.91 Å². The van der Waals surface area contributed by atoms with Crippen LogP contribution in [-0.4, -0.2) is 33.1 Å². The lowest BCUT2D eigenvalue weighted by Crippen LogP contribution is -2.36. The number of hydrogen-bond donors (Lipinski definition) is 1. The molecule has 4 rings (SSSR count). The van der Waals surface area contributed by atoms with Crippen LogP contribution in [0.2, 0.25) is 0 Å². The number of carbonyl (C=O) groups excluding carboxylic acids is 1. The minimum absolute atomic E-state index is 0.199. The quantitative estimate of drug-likeness (QED) is 0.782. The molecule has 1 aliphatic rings. The first-order valence-electron chi connectivity index (χ1n) is 8.49. The monoisotopic (exact) mass is 349 g/mol. The number of aromatic nitrogens is 4. The van der Waals surface area contributed by atoms with Gasteiger partial charge in [-0.3, -0.25) is 4.79 Å². The molecule has 1 atom stereocenters. The molecule has 0 radical (unpaired) electrons. The van der Waals surface area contributed by atoms with Crippen LogP contribution in [0.4, 0.5) is 5.69 Å². The van der Waals surface area contributed by atoms with E-state index in [-0.39, 0.29) is 11.7 Å². The van der Waals surface area contributed by atoms with Crippen LogP contribution in [0.25, 0.3) is 0 Å². The molecule has 0 saturated heterocycles. The molecule has 26 heavy (non-hydrogen) atoms. The number of aryl methyl sites for hydroxylation is 2. The van der Waals surface area contributed by atoms with E-state index in [1.165, 1.54) is 11.1 Å². The fraction of sp³-hybridized carbons (Fsp3) is 0.263. The van der Waals surface area contributed by atoms with Gasteiger partial charge in [0.15, 0.2) is 0 Å². The smallest absolute Gasteiger partial charge is 0.276 e. The number of hydrogen-bond acceptors (Lipinski definition) is 5. The number of H-pyrrole nitrogens is 1. The van der Waals surface area contributed by atoms with E-state index in [1.807, 2.05) is 50.2 Å². The Balaban J connectivity index is 1.64. The third kappa shape index (κ3) is 3.03. The molecule has 0 aliphatic carbocycles. The molecule has 1 N–H and O–H groups in total. The van der Waals surface area contributed by atoms with E-state index in [0.29, 0.717) is 12.3 Å². The average molecular weight is 349 g/mol. The number of anilines is 1. The molecule has 0 spiro atoms. The molecule has 2 heterocycles. The van der Waals surface area contributed by atoms with Crippen LogP contribution >= 0.6 is 0 Å². The Labute approximate surface area is 151 Å². The number of nitrogens with zero attached hydrogens (tertiary/aromatic N) is 4. The van der Waals surface area contributed by atoms with Crippen molar-refractivity contribution in [2.45, 2.75) is 26.4 Å². The third-order valence-corrected chi connectivity index (χ3v) is 4.49. The van der Waals surface area contributed by atoms with Crippen LogP contribution in [0.5, 0.6) is 5.75 Å². The Morgan fingerprint density at radius 3 is 2.65 bits per heavy atom. The second-order valence-electron chi connectivity index (χ2n) is 6.45. The fourth-order valence-electron chi connectivity index (χ4n) is 3.15. The van der Waals surface area contributed by atoms with E-state index < -0.39 is 6.10 Å². The molecule has 132 valence electrons. The van der Waals surface area contributed by atoms with Crippen molar-refractivity contribution >= 4 is 11.6 Å². The predicted molar refractivity (Wildman–Crippen MR) is 96.0 cm³/mol. The summed E-state index contributed by atoms with van der Waals surface area (Å²) in [6.45, 7) is 4.66. The number of nitrogens with one attached hydrogen (secondary N) is 1. The van der Waals surface area contributed by atoms with E-state index >= 15 is 0 Å². The number of benzene rings is 2. The van der Waals surface area contributed by atoms with Crippen molar-refractivity contribution in [3.05, 3.63) is 65.0 Å². The minimum atomic E-state index is -0.955. The second-order valence-corrected chi connectivity index (χ2v) is 6.45. The zero-order chi connectivity index (χ0) is 18.1. The molecular formula is C19H19N5O2. The van der Waals surface area contributed by atoms with E-state index in [4.69, 9.17) is 4.74 Å². The first-order valence-corrected chi connectivity index (χ1v) is 8.49. The van der Waals surface area contributed by atoms with Gasteiger partial charge in [-0.25, -0.2) is 0 Å². The topological polar surface area (TPSA) is 84.0 Å². The summed E-state index contributed by atoms with van der Waals surface area (Å²) in [6, 6.07) is 13.6. The van der Waals surface area contributed by atoms with Crippen LogP contribution in [0.1, 0.15) is 28.6 Å². The van der Waals surface area contributed by atoms with Crippen LogP contribution < -0.4 is 9.64 Å². The summed E-state index contributed by atoms with van der Waals surface area (Å²) >= 11 is 0. The van der Waals surface area contributed by atoms with Crippen molar-refractivity contribution in [2.75, 3.05) is 11.4 Å².